The predicted octanol–water partition coefficient (Wildman–Crippen LogP) is 3.42. The van der Waals surface area contributed by atoms with E-state index in [1.807, 2.05) is 19.9 Å². The average Bonchev–Trinajstić information content (AvgIpc) is 2.23. The molecule has 0 spiro atoms. The molecule has 1 rings (SSSR count). The van der Waals surface area contributed by atoms with Gasteiger partial charge in [0, 0.05) is 12.1 Å². The number of pyridine rings is 1. The summed E-state index contributed by atoms with van der Waals surface area (Å²) in [5.74, 6) is 0.000484. The first-order valence-electron chi connectivity index (χ1n) is 5.48. The summed E-state index contributed by atoms with van der Waals surface area (Å²) >= 11 is 5.93. The minimum Gasteiger partial charge on any atom is -0.323 e. The molecule has 1 amide bonds. The Morgan fingerprint density at radius 1 is 1.62 bits per heavy atom. The van der Waals surface area contributed by atoms with Gasteiger partial charge in [-0.15, -0.1) is 0 Å². The topological polar surface area (TPSA) is 42.0 Å². The SMILES string of the molecule is CCCC(C)C(=O)Nc1c(C)ccnc1Cl. The van der Waals surface area contributed by atoms with E-state index in [9.17, 15) is 4.79 Å². The Balaban J connectivity index is 2.77. The zero-order valence-electron chi connectivity index (χ0n) is 9.88. The van der Waals surface area contributed by atoms with Crippen molar-refractivity contribution in [3.8, 4) is 0 Å². The first-order chi connectivity index (χ1) is 7.56. The molecule has 0 aliphatic rings. The number of carbonyl (C=O) groups excluding carboxylic acids is 1. The van der Waals surface area contributed by atoms with Crippen molar-refractivity contribution >= 4 is 23.2 Å². The lowest BCUT2D eigenvalue weighted by molar-refractivity contribution is -0.119. The van der Waals surface area contributed by atoms with E-state index in [0.29, 0.717) is 10.8 Å². The third-order valence-corrected chi connectivity index (χ3v) is 2.82. The molecule has 1 aromatic heterocycles. The zero-order valence-corrected chi connectivity index (χ0v) is 10.6. The molecule has 1 N–H and O–H groups in total. The molecule has 1 aromatic rings. The highest BCUT2D eigenvalue weighted by Crippen LogP contribution is 2.23. The molecule has 1 atom stereocenters. The number of hydrogen-bond acceptors (Lipinski definition) is 2. The Labute approximate surface area is 101 Å². The van der Waals surface area contributed by atoms with Crippen molar-refractivity contribution in [3.63, 3.8) is 0 Å². The van der Waals surface area contributed by atoms with Crippen LogP contribution < -0.4 is 5.32 Å². The van der Waals surface area contributed by atoms with Crippen molar-refractivity contribution < 1.29 is 4.79 Å². The van der Waals surface area contributed by atoms with E-state index in [2.05, 4.69) is 17.2 Å². The highest BCUT2D eigenvalue weighted by atomic mass is 35.5. The van der Waals surface area contributed by atoms with Crippen LogP contribution in [0.1, 0.15) is 32.3 Å². The number of nitrogens with zero attached hydrogens (tertiary/aromatic N) is 1. The summed E-state index contributed by atoms with van der Waals surface area (Å²) in [5, 5.41) is 3.17. The van der Waals surface area contributed by atoms with Crippen LogP contribution in [0.5, 0.6) is 0 Å². The van der Waals surface area contributed by atoms with Gasteiger partial charge < -0.3 is 5.32 Å². The summed E-state index contributed by atoms with van der Waals surface area (Å²) in [6.45, 7) is 5.87. The van der Waals surface area contributed by atoms with Crippen molar-refractivity contribution in [2.24, 2.45) is 5.92 Å². The standard InChI is InChI=1S/C12H17ClN2O/c1-4-5-9(3)12(16)15-10-8(2)6-7-14-11(10)13/h6-7,9H,4-5H2,1-3H3,(H,15,16). The van der Waals surface area contributed by atoms with Gasteiger partial charge in [0.15, 0.2) is 5.15 Å². The van der Waals surface area contributed by atoms with Crippen LogP contribution in [-0.2, 0) is 4.79 Å². The van der Waals surface area contributed by atoms with E-state index in [0.717, 1.165) is 18.4 Å². The summed E-state index contributed by atoms with van der Waals surface area (Å²) in [7, 11) is 0. The molecule has 0 aromatic carbocycles. The highest BCUT2D eigenvalue weighted by molar-refractivity contribution is 6.32. The van der Waals surface area contributed by atoms with Crippen LogP contribution in [0.15, 0.2) is 12.3 Å². The normalized spacial score (nSPS) is 12.2. The maximum absolute atomic E-state index is 11.8. The summed E-state index contributed by atoms with van der Waals surface area (Å²) < 4.78 is 0. The predicted molar refractivity (Wildman–Crippen MR) is 66.7 cm³/mol. The Hall–Kier alpha value is -1.09. The van der Waals surface area contributed by atoms with Gasteiger partial charge in [0.25, 0.3) is 0 Å². The van der Waals surface area contributed by atoms with Crippen LogP contribution in [0.4, 0.5) is 5.69 Å². The lowest BCUT2D eigenvalue weighted by Crippen LogP contribution is -2.21. The molecule has 1 unspecified atom stereocenters. The minimum absolute atomic E-state index is 0.000139. The first kappa shape index (κ1) is 13.0. The number of hydrogen-bond donors (Lipinski definition) is 1. The van der Waals surface area contributed by atoms with Crippen LogP contribution in [0.3, 0.4) is 0 Å². The number of aromatic nitrogens is 1. The second kappa shape index (κ2) is 5.85. The molecule has 88 valence electrons. The van der Waals surface area contributed by atoms with Gasteiger partial charge in [0.1, 0.15) is 0 Å². The van der Waals surface area contributed by atoms with Crippen LogP contribution in [0.2, 0.25) is 5.15 Å². The van der Waals surface area contributed by atoms with Gasteiger partial charge in [-0.3, -0.25) is 4.79 Å². The maximum Gasteiger partial charge on any atom is 0.227 e. The molecule has 1 heterocycles. The van der Waals surface area contributed by atoms with E-state index < -0.39 is 0 Å². The molecule has 0 bridgehead atoms. The van der Waals surface area contributed by atoms with Gasteiger partial charge in [0.05, 0.1) is 5.69 Å². The van der Waals surface area contributed by atoms with Gasteiger partial charge in [-0.05, 0) is 25.0 Å². The molecular weight excluding hydrogens is 224 g/mol. The fraction of sp³-hybridized carbons (Fsp3) is 0.500. The Morgan fingerprint density at radius 2 is 2.31 bits per heavy atom. The molecule has 0 aliphatic heterocycles. The van der Waals surface area contributed by atoms with Crippen molar-refractivity contribution in [1.82, 2.24) is 4.98 Å². The van der Waals surface area contributed by atoms with Gasteiger partial charge in [-0.2, -0.15) is 0 Å². The number of nitrogens with one attached hydrogen (secondary N) is 1. The van der Waals surface area contributed by atoms with Gasteiger partial charge in [-0.25, -0.2) is 4.98 Å². The summed E-state index contributed by atoms with van der Waals surface area (Å²) in [4.78, 5) is 15.8. The number of anilines is 1. The largest absolute Gasteiger partial charge is 0.323 e. The van der Waals surface area contributed by atoms with Crippen molar-refractivity contribution in [1.29, 1.82) is 0 Å². The van der Waals surface area contributed by atoms with Crippen molar-refractivity contribution in [2.75, 3.05) is 5.32 Å². The van der Waals surface area contributed by atoms with Gasteiger partial charge in [-0.1, -0.05) is 31.9 Å². The molecular formula is C12H17ClN2O. The maximum atomic E-state index is 11.8. The molecule has 0 saturated heterocycles. The van der Waals surface area contributed by atoms with Crippen molar-refractivity contribution in [2.45, 2.75) is 33.6 Å². The third-order valence-electron chi connectivity index (χ3n) is 2.53. The summed E-state index contributed by atoms with van der Waals surface area (Å²) in [6, 6.07) is 1.83. The fourth-order valence-electron chi connectivity index (χ4n) is 1.49. The smallest absolute Gasteiger partial charge is 0.227 e. The Kier molecular flexibility index (Phi) is 4.74. The number of carbonyl (C=O) groups is 1. The second-order valence-electron chi connectivity index (χ2n) is 3.97. The Bertz CT molecular complexity index is 359. The molecule has 4 heteroatoms. The van der Waals surface area contributed by atoms with Crippen molar-refractivity contribution in [3.05, 3.63) is 23.0 Å². The molecule has 0 aliphatic carbocycles. The Morgan fingerprint density at radius 3 is 2.88 bits per heavy atom. The number of halogens is 1. The van der Waals surface area contributed by atoms with Crippen LogP contribution in [0, 0.1) is 12.8 Å². The molecule has 0 saturated carbocycles. The number of aryl methyl sites for hydroxylation is 1. The van der Waals surface area contributed by atoms with E-state index in [1.54, 1.807) is 6.20 Å². The van der Waals surface area contributed by atoms with Crippen LogP contribution >= 0.6 is 11.6 Å². The molecule has 16 heavy (non-hydrogen) atoms. The minimum atomic E-state index is -0.000139. The third kappa shape index (κ3) is 3.20. The zero-order chi connectivity index (χ0) is 12.1. The monoisotopic (exact) mass is 240 g/mol. The quantitative estimate of drug-likeness (QED) is 0.820. The molecule has 0 fully saturated rings. The van der Waals surface area contributed by atoms with E-state index in [-0.39, 0.29) is 11.8 Å². The summed E-state index contributed by atoms with van der Waals surface area (Å²) in [5.41, 5.74) is 1.55. The molecule has 0 radical (unpaired) electrons. The average molecular weight is 241 g/mol. The highest BCUT2D eigenvalue weighted by Gasteiger charge is 2.14. The van der Waals surface area contributed by atoms with Crippen LogP contribution in [-0.4, -0.2) is 10.9 Å². The second-order valence-corrected chi connectivity index (χ2v) is 4.33. The number of amides is 1. The lowest BCUT2D eigenvalue weighted by atomic mass is 10.1. The number of rotatable bonds is 4. The van der Waals surface area contributed by atoms with Gasteiger partial charge in [0.2, 0.25) is 5.91 Å². The van der Waals surface area contributed by atoms with E-state index in [1.165, 1.54) is 0 Å². The lowest BCUT2D eigenvalue weighted by Gasteiger charge is -2.13. The van der Waals surface area contributed by atoms with Gasteiger partial charge >= 0.3 is 0 Å². The summed E-state index contributed by atoms with van der Waals surface area (Å²) in [6.07, 6.45) is 3.50. The fourth-order valence-corrected chi connectivity index (χ4v) is 1.74. The molecule has 3 nitrogen and oxygen atoms in total. The van der Waals surface area contributed by atoms with E-state index >= 15 is 0 Å². The van der Waals surface area contributed by atoms with E-state index in [4.69, 9.17) is 11.6 Å². The van der Waals surface area contributed by atoms with Crippen LogP contribution in [0.25, 0.3) is 0 Å². The first-order valence-corrected chi connectivity index (χ1v) is 5.86.